The molecule has 10 nitrogen and oxygen atoms in total. The molecule has 0 fully saturated rings. The monoisotopic (exact) mass is 824 g/mol. The molecule has 2 aromatic carbocycles. The van der Waals surface area contributed by atoms with Gasteiger partial charge in [-0.2, -0.15) is 0 Å². The molecule has 2 heterocycles. The van der Waals surface area contributed by atoms with Gasteiger partial charge in [-0.05, 0) is 97.6 Å². The van der Waals surface area contributed by atoms with Crippen molar-refractivity contribution in [2.45, 2.75) is 94.3 Å². The number of thiazole rings is 2. The molecule has 13 heteroatoms. The molecule has 0 radical (unpaired) electrons. The highest BCUT2D eigenvalue weighted by atomic mass is 79.9. The molecular formula is C40H49BrN4O6S2. The van der Waals surface area contributed by atoms with E-state index in [0.717, 1.165) is 15.7 Å². The number of carbonyl (C=O) groups is 2. The summed E-state index contributed by atoms with van der Waals surface area (Å²) >= 11 is 5.91. The van der Waals surface area contributed by atoms with Crippen LogP contribution in [-0.2, 0) is 9.47 Å². The van der Waals surface area contributed by atoms with Crippen LogP contribution >= 0.6 is 38.6 Å². The number of hydrogen-bond acceptors (Lipinski definition) is 10. The third-order valence-corrected chi connectivity index (χ3v) is 8.81. The minimum absolute atomic E-state index is 0.285. The molecule has 4 rings (SSSR count). The van der Waals surface area contributed by atoms with Gasteiger partial charge in [0.1, 0.15) is 37.5 Å². The fraction of sp³-hybridized carbons (Fsp3) is 0.450. The molecule has 53 heavy (non-hydrogen) atoms. The highest BCUT2D eigenvalue weighted by Gasteiger charge is 2.24. The number of benzene rings is 2. The van der Waals surface area contributed by atoms with Crippen LogP contribution in [0.1, 0.15) is 100.0 Å². The van der Waals surface area contributed by atoms with Crippen molar-refractivity contribution < 1.29 is 28.5 Å². The van der Waals surface area contributed by atoms with Gasteiger partial charge in [-0.15, -0.1) is 22.7 Å². The zero-order valence-corrected chi connectivity index (χ0v) is 35.8. The van der Waals surface area contributed by atoms with Gasteiger partial charge in [0.25, 0.3) is 0 Å². The third-order valence-electron chi connectivity index (χ3n) is 6.22. The number of nitrogens with zero attached hydrogens (tertiary/aromatic N) is 4. The van der Waals surface area contributed by atoms with E-state index in [1.807, 2.05) is 59.7 Å². The molecule has 0 saturated carbocycles. The number of esters is 2. The van der Waals surface area contributed by atoms with E-state index in [1.54, 1.807) is 37.6 Å². The van der Waals surface area contributed by atoms with Crippen molar-refractivity contribution in [1.29, 1.82) is 0 Å². The lowest BCUT2D eigenvalue weighted by atomic mass is 10.2. The number of halogens is 1. The molecule has 4 aromatic rings. The zero-order chi connectivity index (χ0) is 40.1. The van der Waals surface area contributed by atoms with Gasteiger partial charge in [-0.1, -0.05) is 49.7 Å². The van der Waals surface area contributed by atoms with Crippen molar-refractivity contribution in [3.8, 4) is 22.1 Å². The fourth-order valence-corrected chi connectivity index (χ4v) is 5.89. The average Bonchev–Trinajstić information content (AvgIpc) is 3.67. The predicted molar refractivity (Wildman–Crippen MR) is 217 cm³/mol. The van der Waals surface area contributed by atoms with Crippen molar-refractivity contribution in [3.63, 3.8) is 0 Å². The maximum absolute atomic E-state index is 12.3. The first-order valence-corrected chi connectivity index (χ1v) is 19.4. The minimum Gasteiger partial charge on any atom is -0.504 e. The summed E-state index contributed by atoms with van der Waals surface area (Å²) < 4.78 is 22.7. The molecule has 0 spiro atoms. The second kappa shape index (κ2) is 20.2. The number of aryl methyl sites for hydroxylation is 2. The third kappa shape index (κ3) is 15.7. The molecule has 0 aliphatic rings. The van der Waals surface area contributed by atoms with Gasteiger partial charge in [-0.25, -0.2) is 29.2 Å². The Morgan fingerprint density at radius 2 is 1.26 bits per heavy atom. The van der Waals surface area contributed by atoms with Crippen LogP contribution in [0.3, 0.4) is 0 Å². The van der Waals surface area contributed by atoms with Crippen molar-refractivity contribution in [2.75, 3.05) is 13.2 Å². The van der Waals surface area contributed by atoms with Gasteiger partial charge in [0, 0.05) is 10.0 Å². The number of ether oxygens (including phenoxy) is 4. The van der Waals surface area contributed by atoms with E-state index in [0.29, 0.717) is 68.4 Å². The van der Waals surface area contributed by atoms with Gasteiger partial charge in [-0.3, -0.25) is 0 Å². The van der Waals surface area contributed by atoms with Crippen LogP contribution in [0.2, 0.25) is 0 Å². The van der Waals surface area contributed by atoms with Crippen LogP contribution < -0.4 is 9.47 Å². The maximum atomic E-state index is 12.3. The molecule has 284 valence electrons. The quantitative estimate of drug-likeness (QED) is 0.121. The Morgan fingerprint density at radius 3 is 1.72 bits per heavy atom. The van der Waals surface area contributed by atoms with Gasteiger partial charge in [0.05, 0.1) is 43.3 Å². The van der Waals surface area contributed by atoms with E-state index in [4.69, 9.17) is 32.1 Å². The lowest BCUT2D eigenvalue weighted by molar-refractivity contribution is 0.00613. The van der Waals surface area contributed by atoms with Crippen LogP contribution in [0.4, 0.5) is 11.4 Å². The Labute approximate surface area is 330 Å². The fourth-order valence-electron chi connectivity index (χ4n) is 3.93. The summed E-state index contributed by atoms with van der Waals surface area (Å²) in [4.78, 5) is 40.3. The second-order valence-corrected chi connectivity index (χ2v) is 17.4. The SMILES string of the molecule is Cc1ncsc1C(=O)OC(C)(C)C.[C-]#[N+]c1cc(-c2nc(C)c(C(=O)OC(C)(C)C)s2)ccc1OCC(C)C.[C-]#[N+]c1cc(Br)ccc1OCC(C)C. The second-order valence-electron chi connectivity index (χ2n) is 14.6. The Morgan fingerprint density at radius 1 is 0.774 bits per heavy atom. The van der Waals surface area contributed by atoms with E-state index in [9.17, 15) is 9.59 Å². The molecule has 0 amide bonds. The Balaban J connectivity index is 0.000000303. The average molecular weight is 826 g/mol. The summed E-state index contributed by atoms with van der Waals surface area (Å²) in [7, 11) is 0. The number of aromatic nitrogens is 2. The Kier molecular flexibility index (Phi) is 17.1. The summed E-state index contributed by atoms with van der Waals surface area (Å²) in [5.41, 5.74) is 3.80. The van der Waals surface area contributed by atoms with Gasteiger partial charge in [0.2, 0.25) is 11.4 Å². The van der Waals surface area contributed by atoms with Crippen LogP contribution in [0.5, 0.6) is 11.5 Å². The van der Waals surface area contributed by atoms with Crippen molar-refractivity contribution in [3.05, 3.63) is 90.4 Å². The van der Waals surface area contributed by atoms with Crippen LogP contribution in [0, 0.1) is 38.8 Å². The molecule has 0 aliphatic carbocycles. The van der Waals surface area contributed by atoms with E-state index >= 15 is 0 Å². The van der Waals surface area contributed by atoms with E-state index < -0.39 is 11.2 Å². The summed E-state index contributed by atoms with van der Waals surface area (Å²) in [6, 6.07) is 10.9. The lowest BCUT2D eigenvalue weighted by Gasteiger charge is -2.18. The standard InChI is InChI=1S/C20H24N2O3S.C11H12BrNO.C9H13NO2S/c1-12(2)11-24-16-9-8-14(10-15(16)21-7)18-22-13(3)17(26-18)19(23)25-20(4,5)6;1-8(2)7-14-11-5-4-9(12)6-10(11)13-3;1-6-7(13-5-10-6)8(11)12-9(2,3)4/h8-10,12H,11H2,1-6H3;4-6,8H,7H2,1-2H3;5H,1-4H3. The highest BCUT2D eigenvalue weighted by molar-refractivity contribution is 9.10. The van der Waals surface area contributed by atoms with Gasteiger partial charge < -0.3 is 18.9 Å². The first-order valence-electron chi connectivity index (χ1n) is 16.9. The van der Waals surface area contributed by atoms with Crippen molar-refractivity contribution in [1.82, 2.24) is 9.97 Å². The minimum atomic E-state index is -0.555. The normalized spacial score (nSPS) is 11.0. The number of hydrogen-bond donors (Lipinski definition) is 0. The predicted octanol–water partition coefficient (Wildman–Crippen LogP) is 12.1. The van der Waals surface area contributed by atoms with E-state index in [-0.39, 0.29) is 11.9 Å². The summed E-state index contributed by atoms with van der Waals surface area (Å²) in [5.74, 6) is 1.42. The summed E-state index contributed by atoms with van der Waals surface area (Å²) in [6.07, 6.45) is 0. The molecular weight excluding hydrogens is 776 g/mol. The zero-order valence-electron chi connectivity index (χ0n) is 32.5. The van der Waals surface area contributed by atoms with Crippen molar-refractivity contribution in [2.24, 2.45) is 11.8 Å². The van der Waals surface area contributed by atoms with Crippen LogP contribution in [0.25, 0.3) is 20.3 Å². The number of carbonyl (C=O) groups excluding carboxylic acids is 2. The maximum Gasteiger partial charge on any atom is 0.350 e. The molecule has 0 unspecified atom stereocenters. The topological polar surface area (TPSA) is 106 Å². The Bertz CT molecular complexity index is 1920. The first kappa shape index (κ1) is 44.9. The summed E-state index contributed by atoms with van der Waals surface area (Å²) in [5, 5.41) is 0.684. The van der Waals surface area contributed by atoms with Gasteiger partial charge >= 0.3 is 11.9 Å². The lowest BCUT2D eigenvalue weighted by Crippen LogP contribution is -2.23. The van der Waals surface area contributed by atoms with Crippen molar-refractivity contribution >= 4 is 61.9 Å². The molecule has 0 aliphatic heterocycles. The molecule has 0 atom stereocenters. The molecule has 0 bridgehead atoms. The summed E-state index contributed by atoms with van der Waals surface area (Å²) in [6.45, 7) is 38.5. The molecule has 0 N–H and O–H groups in total. The van der Waals surface area contributed by atoms with Crippen LogP contribution in [0.15, 0.2) is 46.4 Å². The largest absolute Gasteiger partial charge is 0.504 e. The smallest absolute Gasteiger partial charge is 0.350 e. The molecule has 2 aromatic heterocycles. The van der Waals surface area contributed by atoms with E-state index in [1.165, 1.54) is 22.7 Å². The number of rotatable bonds is 9. The van der Waals surface area contributed by atoms with Gasteiger partial charge in [0.15, 0.2) is 0 Å². The van der Waals surface area contributed by atoms with E-state index in [2.05, 4.69) is 63.3 Å². The molecule has 0 saturated heterocycles. The first-order chi connectivity index (χ1) is 24.6. The Hall–Kier alpha value is -4.30. The highest BCUT2D eigenvalue weighted by Crippen LogP contribution is 2.36. The van der Waals surface area contributed by atoms with Crippen LogP contribution in [-0.4, -0.2) is 46.3 Å².